The third kappa shape index (κ3) is 2.97. The van der Waals surface area contributed by atoms with Gasteiger partial charge in [0, 0.05) is 7.11 Å². The van der Waals surface area contributed by atoms with Gasteiger partial charge in [-0.1, -0.05) is 0 Å². The van der Waals surface area contributed by atoms with Gasteiger partial charge in [-0.3, -0.25) is 4.79 Å². The van der Waals surface area contributed by atoms with Crippen LogP contribution >= 0.6 is 0 Å². The molecule has 2 aromatic rings. The lowest BCUT2D eigenvalue weighted by Gasteiger charge is -2.13. The summed E-state index contributed by atoms with van der Waals surface area (Å²) in [6.07, 6.45) is 0.928. The Morgan fingerprint density at radius 1 is 1.63 bits per heavy atom. The van der Waals surface area contributed by atoms with Crippen LogP contribution in [0.25, 0.3) is 11.6 Å². The average Bonchev–Trinajstić information content (AvgIpc) is 2.96. The van der Waals surface area contributed by atoms with E-state index in [0.29, 0.717) is 11.6 Å². The molecule has 0 saturated heterocycles. The predicted molar refractivity (Wildman–Crippen MR) is 63.3 cm³/mol. The molecule has 2 rings (SSSR count). The van der Waals surface area contributed by atoms with Crippen molar-refractivity contribution in [1.29, 1.82) is 0 Å². The first-order valence-electron chi connectivity index (χ1n) is 5.67. The zero-order chi connectivity index (χ0) is 13.8. The van der Waals surface area contributed by atoms with E-state index < -0.39 is 12.1 Å². The van der Waals surface area contributed by atoms with Gasteiger partial charge in [-0.25, -0.2) is 4.68 Å². The largest absolute Gasteiger partial charge is 0.481 e. The highest BCUT2D eigenvalue weighted by Crippen LogP contribution is 2.21. The highest BCUT2D eigenvalue weighted by atomic mass is 16.5. The summed E-state index contributed by atoms with van der Waals surface area (Å²) >= 11 is 0. The van der Waals surface area contributed by atoms with Crippen LogP contribution in [-0.4, -0.2) is 44.5 Å². The third-order valence-corrected chi connectivity index (χ3v) is 2.71. The van der Waals surface area contributed by atoms with Crippen molar-refractivity contribution in [1.82, 2.24) is 20.2 Å². The standard InChI is InChI=1S/C11H14N4O4/c1-7-3-4-19-10(7)11-12-13-14-15(11)6-8(18-2)5-9(16)17/h3-4,8H,5-6H2,1-2H3,(H,16,17). The zero-order valence-electron chi connectivity index (χ0n) is 10.6. The molecule has 0 aliphatic rings. The fourth-order valence-electron chi connectivity index (χ4n) is 1.70. The van der Waals surface area contributed by atoms with Crippen LogP contribution in [0.2, 0.25) is 0 Å². The van der Waals surface area contributed by atoms with Crippen molar-refractivity contribution in [2.75, 3.05) is 7.11 Å². The van der Waals surface area contributed by atoms with Crippen LogP contribution in [0.15, 0.2) is 16.7 Å². The van der Waals surface area contributed by atoms with E-state index in [-0.39, 0.29) is 13.0 Å². The quantitative estimate of drug-likeness (QED) is 0.821. The van der Waals surface area contributed by atoms with Crippen molar-refractivity contribution in [2.45, 2.75) is 26.0 Å². The van der Waals surface area contributed by atoms with E-state index in [1.165, 1.54) is 11.8 Å². The molecule has 0 bridgehead atoms. The molecule has 0 aliphatic heterocycles. The molecule has 0 aromatic carbocycles. The molecule has 1 unspecified atom stereocenters. The average molecular weight is 266 g/mol. The predicted octanol–water partition coefficient (Wildman–Crippen LogP) is 0.731. The summed E-state index contributed by atoms with van der Waals surface area (Å²) in [4.78, 5) is 10.7. The molecule has 0 spiro atoms. The van der Waals surface area contributed by atoms with E-state index in [1.807, 2.05) is 6.92 Å². The summed E-state index contributed by atoms with van der Waals surface area (Å²) < 4.78 is 11.9. The van der Waals surface area contributed by atoms with Crippen molar-refractivity contribution in [2.24, 2.45) is 0 Å². The van der Waals surface area contributed by atoms with Gasteiger partial charge in [0.1, 0.15) is 0 Å². The van der Waals surface area contributed by atoms with E-state index in [9.17, 15) is 4.79 Å². The molecule has 2 heterocycles. The van der Waals surface area contributed by atoms with Crippen molar-refractivity contribution >= 4 is 5.97 Å². The minimum absolute atomic E-state index is 0.118. The number of methoxy groups -OCH3 is 1. The maximum Gasteiger partial charge on any atom is 0.306 e. The number of aryl methyl sites for hydroxylation is 1. The van der Waals surface area contributed by atoms with Gasteiger partial charge in [-0.2, -0.15) is 0 Å². The second kappa shape index (κ2) is 5.61. The highest BCUT2D eigenvalue weighted by Gasteiger charge is 2.19. The van der Waals surface area contributed by atoms with Gasteiger partial charge in [0.15, 0.2) is 5.76 Å². The second-order valence-electron chi connectivity index (χ2n) is 4.07. The van der Waals surface area contributed by atoms with Gasteiger partial charge < -0.3 is 14.3 Å². The molecule has 0 radical (unpaired) electrons. The van der Waals surface area contributed by atoms with Crippen molar-refractivity contribution < 1.29 is 19.1 Å². The van der Waals surface area contributed by atoms with Crippen LogP contribution in [0.4, 0.5) is 0 Å². The Morgan fingerprint density at radius 2 is 2.42 bits per heavy atom. The monoisotopic (exact) mass is 266 g/mol. The van der Waals surface area contributed by atoms with Crippen LogP contribution in [0.5, 0.6) is 0 Å². The number of carboxylic acids is 1. The molecule has 8 nitrogen and oxygen atoms in total. The minimum Gasteiger partial charge on any atom is -0.481 e. The molecule has 102 valence electrons. The van der Waals surface area contributed by atoms with E-state index in [2.05, 4.69) is 15.5 Å². The summed E-state index contributed by atoms with van der Waals surface area (Å²) in [5, 5.41) is 20.1. The van der Waals surface area contributed by atoms with Crippen LogP contribution in [0, 0.1) is 6.92 Å². The van der Waals surface area contributed by atoms with E-state index >= 15 is 0 Å². The highest BCUT2D eigenvalue weighted by molar-refractivity contribution is 5.67. The molecule has 19 heavy (non-hydrogen) atoms. The Morgan fingerprint density at radius 3 is 3.00 bits per heavy atom. The Kier molecular flexibility index (Phi) is 3.91. The van der Waals surface area contributed by atoms with E-state index in [4.69, 9.17) is 14.3 Å². The number of carboxylic acid groups (broad SMARTS) is 1. The number of aromatic nitrogens is 4. The minimum atomic E-state index is -0.935. The number of aliphatic carboxylic acids is 1. The molecule has 0 saturated carbocycles. The Hall–Kier alpha value is -2.22. The maximum atomic E-state index is 10.7. The van der Waals surface area contributed by atoms with E-state index in [1.54, 1.807) is 12.3 Å². The number of rotatable bonds is 6. The fraction of sp³-hybridized carbons (Fsp3) is 0.455. The summed E-state index contributed by atoms with van der Waals surface area (Å²) in [5.74, 6) is 0.0840. The lowest BCUT2D eigenvalue weighted by molar-refractivity contribution is -0.139. The second-order valence-corrected chi connectivity index (χ2v) is 4.07. The zero-order valence-corrected chi connectivity index (χ0v) is 10.6. The molecule has 2 aromatic heterocycles. The van der Waals surface area contributed by atoms with Gasteiger partial charge in [-0.15, -0.1) is 5.10 Å². The summed E-state index contributed by atoms with van der Waals surface area (Å²) in [7, 11) is 1.45. The summed E-state index contributed by atoms with van der Waals surface area (Å²) in [5.41, 5.74) is 0.906. The molecule has 0 aliphatic carbocycles. The number of hydrogen-bond acceptors (Lipinski definition) is 6. The Balaban J connectivity index is 2.20. The van der Waals surface area contributed by atoms with Crippen LogP contribution < -0.4 is 0 Å². The van der Waals surface area contributed by atoms with Crippen LogP contribution in [0.3, 0.4) is 0 Å². The number of nitrogens with zero attached hydrogens (tertiary/aromatic N) is 4. The molecular formula is C11H14N4O4. The Labute approximate surface area is 109 Å². The van der Waals surface area contributed by atoms with Crippen molar-refractivity contribution in [3.05, 3.63) is 17.9 Å². The molecule has 0 fully saturated rings. The lowest BCUT2D eigenvalue weighted by atomic mass is 10.2. The topological polar surface area (TPSA) is 103 Å². The maximum absolute atomic E-state index is 10.7. The Bertz CT molecular complexity index is 563. The number of ether oxygens (including phenoxy) is 1. The molecule has 1 N–H and O–H groups in total. The molecular weight excluding hydrogens is 252 g/mol. The van der Waals surface area contributed by atoms with E-state index in [0.717, 1.165) is 5.56 Å². The van der Waals surface area contributed by atoms with Gasteiger partial charge in [0.05, 0.1) is 25.3 Å². The van der Waals surface area contributed by atoms with Gasteiger partial charge in [0.25, 0.3) is 0 Å². The number of tetrazole rings is 1. The fourth-order valence-corrected chi connectivity index (χ4v) is 1.70. The van der Waals surface area contributed by atoms with Crippen molar-refractivity contribution in [3.63, 3.8) is 0 Å². The van der Waals surface area contributed by atoms with Crippen molar-refractivity contribution in [3.8, 4) is 11.6 Å². The molecule has 1 atom stereocenters. The first kappa shape index (κ1) is 13.2. The van der Waals surface area contributed by atoms with Crippen LogP contribution in [0.1, 0.15) is 12.0 Å². The first-order valence-corrected chi connectivity index (χ1v) is 5.67. The van der Waals surface area contributed by atoms with Gasteiger partial charge in [-0.05, 0) is 29.0 Å². The smallest absolute Gasteiger partial charge is 0.306 e. The summed E-state index contributed by atoms with van der Waals surface area (Å²) in [6.45, 7) is 2.12. The molecule has 8 heteroatoms. The normalized spacial score (nSPS) is 12.5. The summed E-state index contributed by atoms with van der Waals surface area (Å²) in [6, 6.07) is 1.80. The lowest BCUT2D eigenvalue weighted by Crippen LogP contribution is -2.23. The van der Waals surface area contributed by atoms with Gasteiger partial charge >= 0.3 is 5.97 Å². The number of hydrogen-bond donors (Lipinski definition) is 1. The SMILES string of the molecule is COC(CC(=O)O)Cn1nnnc1-c1occc1C. The van der Waals surface area contributed by atoms with Gasteiger partial charge in [0.2, 0.25) is 5.82 Å². The third-order valence-electron chi connectivity index (χ3n) is 2.71. The first-order chi connectivity index (χ1) is 9.11. The number of carbonyl (C=O) groups is 1. The number of furan rings is 1. The van der Waals surface area contributed by atoms with Crippen LogP contribution in [-0.2, 0) is 16.1 Å². The molecule has 0 amide bonds.